The maximum atomic E-state index is 11.9. The third kappa shape index (κ3) is 4.91. The molecule has 1 amide bonds. The molecule has 0 unspecified atom stereocenters. The van der Waals surface area contributed by atoms with Gasteiger partial charge >= 0.3 is 0 Å². The van der Waals surface area contributed by atoms with Crippen LogP contribution in [-0.4, -0.2) is 24.6 Å². The highest BCUT2D eigenvalue weighted by atomic mass is 16.2. The first-order chi connectivity index (χ1) is 8.77. The molecule has 3 N–H and O–H groups in total. The number of para-hydroxylation sites is 1. The van der Waals surface area contributed by atoms with Crippen LogP contribution in [0.25, 0.3) is 0 Å². The van der Waals surface area contributed by atoms with Crippen molar-refractivity contribution in [1.82, 2.24) is 0 Å². The summed E-state index contributed by atoms with van der Waals surface area (Å²) in [5, 5.41) is 2.71. The van der Waals surface area contributed by atoms with Crippen molar-refractivity contribution in [3.63, 3.8) is 0 Å². The highest BCUT2D eigenvalue weighted by Gasteiger charge is 2.16. The molecule has 0 saturated carbocycles. The zero-order valence-corrected chi connectivity index (χ0v) is 10.1. The van der Waals surface area contributed by atoms with Crippen LogP contribution in [0, 0.1) is 0 Å². The quantitative estimate of drug-likeness (QED) is 0.434. The van der Waals surface area contributed by atoms with Crippen molar-refractivity contribution in [2.24, 2.45) is 10.7 Å². The summed E-state index contributed by atoms with van der Waals surface area (Å²) in [4.78, 5) is 25.7. The van der Waals surface area contributed by atoms with Gasteiger partial charge in [-0.15, -0.1) is 0 Å². The van der Waals surface area contributed by atoms with Crippen LogP contribution in [0.2, 0.25) is 0 Å². The Morgan fingerprint density at radius 3 is 2.67 bits per heavy atom. The molecule has 1 rings (SSSR count). The SMILES string of the molecule is NCCCC[C@H](N=C=O)C(=O)Nc1ccccc1. The number of benzene rings is 1. The van der Waals surface area contributed by atoms with Crippen molar-refractivity contribution in [2.75, 3.05) is 11.9 Å². The molecule has 96 valence electrons. The number of nitrogens with one attached hydrogen (secondary N) is 1. The first kappa shape index (κ1) is 14.1. The van der Waals surface area contributed by atoms with Crippen molar-refractivity contribution >= 4 is 17.7 Å². The van der Waals surface area contributed by atoms with Gasteiger partial charge in [-0.25, -0.2) is 4.79 Å². The van der Waals surface area contributed by atoms with Gasteiger partial charge in [0.15, 0.2) is 0 Å². The standard InChI is InChI=1S/C13H17N3O2/c14-9-5-4-8-12(15-10-17)13(18)16-11-6-2-1-3-7-11/h1-3,6-7,12H,4-5,8-9,14H2,(H,16,18)/t12-/m0/s1. The zero-order valence-electron chi connectivity index (χ0n) is 10.1. The summed E-state index contributed by atoms with van der Waals surface area (Å²) in [5.74, 6) is -0.290. The number of rotatable bonds is 7. The Morgan fingerprint density at radius 2 is 2.06 bits per heavy atom. The van der Waals surface area contributed by atoms with E-state index >= 15 is 0 Å². The Balaban J connectivity index is 2.56. The van der Waals surface area contributed by atoms with E-state index in [2.05, 4.69) is 10.3 Å². The first-order valence-corrected chi connectivity index (χ1v) is 5.91. The molecule has 0 aliphatic rings. The Morgan fingerprint density at radius 1 is 1.33 bits per heavy atom. The molecule has 0 aliphatic carbocycles. The zero-order chi connectivity index (χ0) is 13.2. The van der Waals surface area contributed by atoms with E-state index in [0.717, 1.165) is 12.8 Å². The van der Waals surface area contributed by atoms with Crippen LogP contribution in [-0.2, 0) is 9.59 Å². The number of carbonyl (C=O) groups excluding carboxylic acids is 2. The van der Waals surface area contributed by atoms with E-state index in [9.17, 15) is 9.59 Å². The number of nitrogens with two attached hydrogens (primary N) is 1. The van der Waals surface area contributed by atoms with E-state index in [1.165, 1.54) is 6.08 Å². The minimum Gasteiger partial charge on any atom is -0.330 e. The molecular formula is C13H17N3O2. The topological polar surface area (TPSA) is 84.5 Å². The Kier molecular flexibility index (Phi) is 6.40. The molecule has 0 bridgehead atoms. The van der Waals surface area contributed by atoms with Crippen LogP contribution in [0.5, 0.6) is 0 Å². The number of hydrogen-bond acceptors (Lipinski definition) is 4. The smallest absolute Gasteiger partial charge is 0.250 e. The van der Waals surface area contributed by atoms with Gasteiger partial charge in [0.25, 0.3) is 0 Å². The lowest BCUT2D eigenvalue weighted by Crippen LogP contribution is -2.26. The number of hydrogen-bond donors (Lipinski definition) is 2. The summed E-state index contributed by atoms with van der Waals surface area (Å²) in [6, 6.07) is 8.37. The van der Waals surface area contributed by atoms with Gasteiger partial charge in [-0.3, -0.25) is 4.79 Å². The number of amides is 1. The third-order valence-electron chi connectivity index (χ3n) is 2.48. The maximum absolute atomic E-state index is 11.9. The van der Waals surface area contributed by atoms with Gasteiger partial charge in [-0.2, -0.15) is 4.99 Å². The van der Waals surface area contributed by atoms with E-state index < -0.39 is 6.04 Å². The second-order valence-electron chi connectivity index (χ2n) is 3.88. The second-order valence-corrected chi connectivity index (χ2v) is 3.88. The Hall–Kier alpha value is -1.97. The van der Waals surface area contributed by atoms with Crippen molar-refractivity contribution < 1.29 is 9.59 Å². The lowest BCUT2D eigenvalue weighted by atomic mass is 10.1. The number of aliphatic imine (C=N–C) groups is 1. The van der Waals surface area contributed by atoms with E-state index in [-0.39, 0.29) is 5.91 Å². The Labute approximate surface area is 106 Å². The number of unbranched alkanes of at least 4 members (excludes halogenated alkanes) is 1. The summed E-state index contributed by atoms with van der Waals surface area (Å²) >= 11 is 0. The van der Waals surface area contributed by atoms with Gasteiger partial charge < -0.3 is 11.1 Å². The second kappa shape index (κ2) is 8.17. The van der Waals surface area contributed by atoms with E-state index in [1.807, 2.05) is 18.2 Å². The molecule has 0 aromatic heterocycles. The fourth-order valence-electron chi connectivity index (χ4n) is 1.55. The van der Waals surface area contributed by atoms with Gasteiger partial charge in [0.2, 0.25) is 12.0 Å². The van der Waals surface area contributed by atoms with Gasteiger partial charge in [0.05, 0.1) is 0 Å². The van der Waals surface area contributed by atoms with E-state index in [0.29, 0.717) is 18.7 Å². The van der Waals surface area contributed by atoms with Gasteiger partial charge in [-0.1, -0.05) is 18.2 Å². The summed E-state index contributed by atoms with van der Waals surface area (Å²) in [5.41, 5.74) is 6.07. The summed E-state index contributed by atoms with van der Waals surface area (Å²) in [7, 11) is 0. The monoisotopic (exact) mass is 247 g/mol. The minimum absolute atomic E-state index is 0.290. The maximum Gasteiger partial charge on any atom is 0.250 e. The molecule has 1 atom stereocenters. The fourth-order valence-corrected chi connectivity index (χ4v) is 1.55. The summed E-state index contributed by atoms with van der Waals surface area (Å²) < 4.78 is 0. The molecule has 5 heteroatoms. The van der Waals surface area contributed by atoms with Crippen molar-refractivity contribution in [2.45, 2.75) is 25.3 Å². The summed E-state index contributed by atoms with van der Waals surface area (Å²) in [6.07, 6.45) is 3.52. The first-order valence-electron chi connectivity index (χ1n) is 5.91. The van der Waals surface area contributed by atoms with Gasteiger partial charge in [-0.05, 0) is 37.9 Å². The normalized spacial score (nSPS) is 11.4. The molecule has 1 aromatic carbocycles. The van der Waals surface area contributed by atoms with E-state index in [1.54, 1.807) is 12.1 Å². The average Bonchev–Trinajstić information content (AvgIpc) is 2.39. The molecule has 0 heterocycles. The highest BCUT2D eigenvalue weighted by Crippen LogP contribution is 2.10. The summed E-state index contributed by atoms with van der Waals surface area (Å²) in [6.45, 7) is 0.567. The Bertz CT molecular complexity index is 414. The molecule has 0 aliphatic heterocycles. The van der Waals surface area contributed by atoms with Crippen LogP contribution in [0.4, 0.5) is 5.69 Å². The van der Waals surface area contributed by atoms with E-state index in [4.69, 9.17) is 5.73 Å². The fraction of sp³-hybridized carbons (Fsp3) is 0.385. The molecule has 5 nitrogen and oxygen atoms in total. The number of isocyanates is 1. The lowest BCUT2D eigenvalue weighted by molar-refractivity contribution is -0.117. The highest BCUT2D eigenvalue weighted by molar-refractivity contribution is 5.95. The molecule has 0 spiro atoms. The van der Waals surface area contributed by atoms with Crippen LogP contribution in [0.1, 0.15) is 19.3 Å². The number of carbonyl (C=O) groups is 1. The van der Waals surface area contributed by atoms with Crippen LogP contribution in [0.15, 0.2) is 35.3 Å². The number of nitrogens with zero attached hydrogens (tertiary/aromatic N) is 1. The largest absolute Gasteiger partial charge is 0.330 e. The van der Waals surface area contributed by atoms with Crippen LogP contribution >= 0.6 is 0 Å². The van der Waals surface area contributed by atoms with Gasteiger partial charge in [0, 0.05) is 5.69 Å². The average molecular weight is 247 g/mol. The minimum atomic E-state index is -0.686. The third-order valence-corrected chi connectivity index (χ3v) is 2.48. The molecule has 18 heavy (non-hydrogen) atoms. The van der Waals surface area contributed by atoms with Crippen molar-refractivity contribution in [1.29, 1.82) is 0 Å². The predicted molar refractivity (Wildman–Crippen MR) is 69.9 cm³/mol. The van der Waals surface area contributed by atoms with Crippen molar-refractivity contribution in [3.8, 4) is 0 Å². The van der Waals surface area contributed by atoms with Gasteiger partial charge in [0.1, 0.15) is 6.04 Å². The van der Waals surface area contributed by atoms with Crippen molar-refractivity contribution in [3.05, 3.63) is 30.3 Å². The molecular weight excluding hydrogens is 230 g/mol. The predicted octanol–water partition coefficient (Wildman–Crippen LogP) is 1.46. The molecule has 0 radical (unpaired) electrons. The van der Waals surface area contributed by atoms with Crippen LogP contribution in [0.3, 0.4) is 0 Å². The lowest BCUT2D eigenvalue weighted by Gasteiger charge is -2.11. The molecule has 1 aromatic rings. The van der Waals surface area contributed by atoms with Crippen LogP contribution < -0.4 is 11.1 Å². The molecule has 0 fully saturated rings. The number of anilines is 1. The molecule has 0 saturated heterocycles.